The van der Waals surface area contributed by atoms with Gasteiger partial charge in [0.25, 0.3) is 0 Å². The minimum absolute atomic E-state index is 0.208. The summed E-state index contributed by atoms with van der Waals surface area (Å²) < 4.78 is 25.9. The summed E-state index contributed by atoms with van der Waals surface area (Å²) in [5.74, 6) is -0.511. The first-order chi connectivity index (χ1) is 11.3. The number of primary amides is 1. The van der Waals surface area contributed by atoms with E-state index in [1.54, 1.807) is 30.3 Å². The van der Waals surface area contributed by atoms with Crippen LogP contribution in [-0.4, -0.2) is 25.7 Å². The number of amides is 1. The van der Waals surface area contributed by atoms with Gasteiger partial charge in [-0.25, -0.2) is 8.42 Å². The van der Waals surface area contributed by atoms with Crippen LogP contribution in [0.3, 0.4) is 0 Å². The van der Waals surface area contributed by atoms with Crippen molar-refractivity contribution in [1.29, 1.82) is 0 Å². The molecule has 0 saturated heterocycles. The van der Waals surface area contributed by atoms with Crippen molar-refractivity contribution in [2.75, 3.05) is 7.05 Å². The molecule has 2 rings (SSSR count). The van der Waals surface area contributed by atoms with E-state index in [1.165, 1.54) is 16.8 Å². The van der Waals surface area contributed by atoms with E-state index in [4.69, 9.17) is 5.73 Å². The van der Waals surface area contributed by atoms with Crippen LogP contribution in [0.5, 0.6) is 0 Å². The van der Waals surface area contributed by atoms with Crippen LogP contribution in [0.25, 0.3) is 6.08 Å². The van der Waals surface area contributed by atoms with Crippen molar-refractivity contribution < 1.29 is 13.2 Å². The number of carbonyl (C=O) groups is 1. The van der Waals surface area contributed by atoms with Gasteiger partial charge in [0.15, 0.2) is 0 Å². The maximum Gasteiger partial charge on any atom is 0.248 e. The Morgan fingerprint density at radius 3 is 2.21 bits per heavy atom. The second-order valence-corrected chi connectivity index (χ2v) is 7.50. The van der Waals surface area contributed by atoms with E-state index >= 15 is 0 Å². The number of nitrogens with two attached hydrogens (primary N) is 1. The zero-order valence-electron chi connectivity index (χ0n) is 13.6. The summed E-state index contributed by atoms with van der Waals surface area (Å²) in [6.07, 6.45) is 1.57. The number of sulfonamides is 1. The lowest BCUT2D eigenvalue weighted by atomic mass is 10.1. The standard InChI is InChI=1S/C18H20N2O3S/c1-14-3-5-15(6-4-14)11-12-24(22,23)20(2)13-16-7-9-17(10-8-16)18(19)21/h3-12H,13H2,1-2H3,(H2,19,21)/b12-11+. The van der Waals surface area contributed by atoms with E-state index in [2.05, 4.69) is 0 Å². The lowest BCUT2D eigenvalue weighted by Crippen LogP contribution is -2.24. The Hall–Kier alpha value is -2.44. The predicted molar refractivity (Wildman–Crippen MR) is 95.6 cm³/mol. The fourth-order valence-electron chi connectivity index (χ4n) is 2.07. The number of aryl methyl sites for hydroxylation is 1. The monoisotopic (exact) mass is 344 g/mol. The van der Waals surface area contributed by atoms with Gasteiger partial charge in [0.1, 0.15) is 0 Å². The van der Waals surface area contributed by atoms with Crippen molar-refractivity contribution in [3.05, 3.63) is 76.2 Å². The smallest absolute Gasteiger partial charge is 0.248 e. The van der Waals surface area contributed by atoms with E-state index in [-0.39, 0.29) is 6.54 Å². The highest BCUT2D eigenvalue weighted by molar-refractivity contribution is 7.92. The summed E-state index contributed by atoms with van der Waals surface area (Å²) in [6.45, 7) is 2.18. The summed E-state index contributed by atoms with van der Waals surface area (Å²) in [5.41, 5.74) is 8.29. The Labute approximate surface area is 142 Å². The minimum Gasteiger partial charge on any atom is -0.366 e. The molecule has 0 bridgehead atoms. The number of nitrogens with zero attached hydrogens (tertiary/aromatic N) is 1. The molecule has 0 heterocycles. The van der Waals surface area contributed by atoms with Crippen LogP contribution in [0.2, 0.25) is 0 Å². The summed E-state index contributed by atoms with van der Waals surface area (Å²) in [7, 11) is -2.02. The average molecular weight is 344 g/mol. The van der Waals surface area contributed by atoms with Gasteiger partial charge in [-0.2, -0.15) is 4.31 Å². The molecular weight excluding hydrogens is 324 g/mol. The van der Waals surface area contributed by atoms with Crippen LogP contribution in [0.4, 0.5) is 0 Å². The molecule has 0 fully saturated rings. The van der Waals surface area contributed by atoms with Crippen LogP contribution in [0.15, 0.2) is 53.9 Å². The van der Waals surface area contributed by atoms with Gasteiger partial charge in [-0.15, -0.1) is 0 Å². The number of rotatable bonds is 6. The van der Waals surface area contributed by atoms with E-state index in [0.29, 0.717) is 5.56 Å². The third kappa shape index (κ3) is 4.78. The first kappa shape index (κ1) is 17.9. The number of hydrogen-bond acceptors (Lipinski definition) is 3. The van der Waals surface area contributed by atoms with E-state index in [0.717, 1.165) is 16.7 Å². The molecule has 2 N–H and O–H groups in total. The molecule has 2 aromatic rings. The second-order valence-electron chi connectivity index (χ2n) is 5.58. The molecule has 1 amide bonds. The molecule has 0 saturated carbocycles. The van der Waals surface area contributed by atoms with Gasteiger partial charge in [0, 0.05) is 24.6 Å². The van der Waals surface area contributed by atoms with Gasteiger partial charge in [0.05, 0.1) is 0 Å². The Morgan fingerprint density at radius 2 is 1.67 bits per heavy atom. The molecule has 2 aromatic carbocycles. The zero-order chi connectivity index (χ0) is 17.7. The molecule has 0 aliphatic carbocycles. The highest BCUT2D eigenvalue weighted by Gasteiger charge is 2.14. The Kier molecular flexibility index (Phi) is 5.54. The summed E-state index contributed by atoms with van der Waals surface area (Å²) in [5, 5.41) is 1.19. The molecule has 0 aliphatic rings. The maximum absolute atomic E-state index is 12.3. The summed E-state index contributed by atoms with van der Waals surface area (Å²) >= 11 is 0. The summed E-state index contributed by atoms with van der Waals surface area (Å²) in [6, 6.07) is 14.1. The molecule has 0 aromatic heterocycles. The third-order valence-corrected chi connectivity index (χ3v) is 5.07. The number of carbonyl (C=O) groups excluding carboxylic acids is 1. The van der Waals surface area contributed by atoms with Crippen molar-refractivity contribution in [3.8, 4) is 0 Å². The fraction of sp³-hybridized carbons (Fsp3) is 0.167. The van der Waals surface area contributed by atoms with Gasteiger partial charge < -0.3 is 5.73 Å². The molecule has 24 heavy (non-hydrogen) atoms. The van der Waals surface area contributed by atoms with Gasteiger partial charge >= 0.3 is 0 Å². The van der Waals surface area contributed by atoms with Gasteiger partial charge in [-0.05, 0) is 36.3 Å². The van der Waals surface area contributed by atoms with E-state index in [1.807, 2.05) is 31.2 Å². The molecular formula is C18H20N2O3S. The van der Waals surface area contributed by atoms with Crippen LogP contribution in [0, 0.1) is 6.92 Å². The predicted octanol–water partition coefficient (Wildman–Crippen LogP) is 2.53. The minimum atomic E-state index is -3.53. The normalized spacial score (nSPS) is 12.0. The van der Waals surface area contributed by atoms with E-state index < -0.39 is 15.9 Å². The van der Waals surface area contributed by atoms with Crippen LogP contribution in [0.1, 0.15) is 27.0 Å². The largest absolute Gasteiger partial charge is 0.366 e. The van der Waals surface area contributed by atoms with Crippen molar-refractivity contribution in [2.24, 2.45) is 5.73 Å². The van der Waals surface area contributed by atoms with Crippen LogP contribution in [-0.2, 0) is 16.6 Å². The Morgan fingerprint density at radius 1 is 1.08 bits per heavy atom. The molecule has 0 aliphatic heterocycles. The molecule has 0 atom stereocenters. The number of hydrogen-bond donors (Lipinski definition) is 1. The fourth-order valence-corrected chi connectivity index (χ4v) is 2.93. The van der Waals surface area contributed by atoms with Crippen molar-refractivity contribution in [2.45, 2.75) is 13.5 Å². The van der Waals surface area contributed by atoms with E-state index in [9.17, 15) is 13.2 Å². The molecule has 0 radical (unpaired) electrons. The third-order valence-electron chi connectivity index (χ3n) is 3.59. The summed E-state index contributed by atoms with van der Waals surface area (Å²) in [4.78, 5) is 11.0. The maximum atomic E-state index is 12.3. The molecule has 6 heteroatoms. The molecule has 0 unspecified atom stereocenters. The first-order valence-corrected chi connectivity index (χ1v) is 8.88. The topological polar surface area (TPSA) is 80.5 Å². The molecule has 0 spiro atoms. The first-order valence-electron chi connectivity index (χ1n) is 7.38. The number of benzene rings is 2. The van der Waals surface area contributed by atoms with Crippen LogP contribution < -0.4 is 5.73 Å². The lowest BCUT2D eigenvalue weighted by Gasteiger charge is -2.14. The van der Waals surface area contributed by atoms with Crippen molar-refractivity contribution in [1.82, 2.24) is 4.31 Å². The van der Waals surface area contributed by atoms with Crippen LogP contribution >= 0.6 is 0 Å². The van der Waals surface area contributed by atoms with Crippen molar-refractivity contribution in [3.63, 3.8) is 0 Å². The quantitative estimate of drug-likeness (QED) is 0.874. The Bertz CT molecular complexity index is 839. The highest BCUT2D eigenvalue weighted by Crippen LogP contribution is 2.12. The highest BCUT2D eigenvalue weighted by atomic mass is 32.2. The van der Waals surface area contributed by atoms with Gasteiger partial charge in [-0.3, -0.25) is 4.79 Å². The second kappa shape index (κ2) is 7.42. The van der Waals surface area contributed by atoms with Gasteiger partial charge in [0.2, 0.25) is 15.9 Å². The molecule has 5 nitrogen and oxygen atoms in total. The lowest BCUT2D eigenvalue weighted by molar-refractivity contribution is 0.1000. The van der Waals surface area contributed by atoms with Crippen molar-refractivity contribution >= 4 is 22.0 Å². The Balaban J connectivity index is 2.08. The molecule has 126 valence electrons. The van der Waals surface area contributed by atoms with Gasteiger partial charge in [-0.1, -0.05) is 42.0 Å². The zero-order valence-corrected chi connectivity index (χ0v) is 14.5. The average Bonchev–Trinajstić information content (AvgIpc) is 2.55. The SMILES string of the molecule is Cc1ccc(/C=C/S(=O)(=O)N(C)Cc2ccc(C(N)=O)cc2)cc1.